The number of unbranched alkanes of at least 4 members (excludes halogenated alkanes) is 18. The van der Waals surface area contributed by atoms with Crippen molar-refractivity contribution < 1.29 is 56.8 Å². The monoisotopic (exact) mass is 871 g/mol. The molecule has 1 aliphatic heterocycles. The minimum absolute atomic E-state index is 0.0700. The second-order valence-electron chi connectivity index (χ2n) is 16.1. The third-order valence-corrected chi connectivity index (χ3v) is 11.1. The first-order valence-corrected chi connectivity index (χ1v) is 24.8. The first kappa shape index (κ1) is 55.6. The average molecular weight is 871 g/mol. The maximum absolute atomic E-state index is 12.8. The van der Waals surface area contributed by atoms with Gasteiger partial charge in [-0.3, -0.25) is 14.1 Å². The van der Waals surface area contributed by atoms with Gasteiger partial charge in [0.15, 0.2) is 12.4 Å². The van der Waals surface area contributed by atoms with Gasteiger partial charge in [-0.1, -0.05) is 159 Å². The topological polar surface area (TPSA) is 186 Å². The second kappa shape index (κ2) is 37.2. The van der Waals surface area contributed by atoms with Crippen molar-refractivity contribution in [3.8, 4) is 0 Å². The first-order valence-electron chi connectivity index (χ1n) is 23.2. The fourth-order valence-corrected chi connectivity index (χ4v) is 7.46. The normalized spacial score (nSPS) is 20.5. The van der Waals surface area contributed by atoms with Crippen LogP contribution in [0.3, 0.4) is 0 Å². The molecule has 0 aliphatic carbocycles. The molecule has 2 unspecified atom stereocenters. The van der Waals surface area contributed by atoms with Crippen LogP contribution in [-0.4, -0.2) is 96.0 Å². The lowest BCUT2D eigenvalue weighted by molar-refractivity contribution is -0.297. The Morgan fingerprint density at radius 1 is 0.567 bits per heavy atom. The van der Waals surface area contributed by atoms with Gasteiger partial charge in [0.1, 0.15) is 36.8 Å². The molecule has 4 N–H and O–H groups in total. The number of carbonyl (C=O) groups excluding carboxylic acids is 2. The van der Waals surface area contributed by atoms with E-state index < -0.39 is 71.2 Å². The Bertz CT molecular complexity index is 1300. The Balaban J connectivity index is 2.50. The smallest absolute Gasteiger partial charge is 0.306 e. The molecule has 1 aliphatic rings. The van der Waals surface area contributed by atoms with Crippen LogP contribution in [0.25, 0.3) is 0 Å². The van der Waals surface area contributed by atoms with Gasteiger partial charge < -0.3 is 34.3 Å². The van der Waals surface area contributed by atoms with Crippen molar-refractivity contribution in [1.29, 1.82) is 0 Å². The van der Waals surface area contributed by atoms with Crippen LogP contribution in [0.15, 0.2) is 48.6 Å². The SMILES string of the molecule is CCCCCCCC/C=C/C/C=C/C/C=C/CCCC(=O)OC[C@H](CO[C@H]1O[C@H](CS(=O)(=O)O)[C@@H](O)C(O)C1O)OC(=O)CC/C=C/CCCCCCCCCCCCC. The Kier molecular flexibility index (Phi) is 34.5. The van der Waals surface area contributed by atoms with Crippen molar-refractivity contribution in [2.75, 3.05) is 19.0 Å². The molecule has 1 rings (SSSR count). The highest BCUT2D eigenvalue weighted by Gasteiger charge is 2.46. The molecule has 60 heavy (non-hydrogen) atoms. The van der Waals surface area contributed by atoms with Gasteiger partial charge in [0.05, 0.1) is 6.61 Å². The number of aliphatic hydroxyl groups is 3. The third kappa shape index (κ3) is 31.5. The molecule has 0 spiro atoms. The summed E-state index contributed by atoms with van der Waals surface area (Å²) >= 11 is 0. The van der Waals surface area contributed by atoms with Crippen molar-refractivity contribution in [2.45, 2.75) is 218 Å². The van der Waals surface area contributed by atoms with Gasteiger partial charge in [0.2, 0.25) is 0 Å². The van der Waals surface area contributed by atoms with E-state index in [1.54, 1.807) is 0 Å². The molecule has 0 saturated carbocycles. The molecule has 0 bridgehead atoms. The van der Waals surface area contributed by atoms with Gasteiger partial charge in [-0.25, -0.2) is 0 Å². The number of ether oxygens (including phenoxy) is 4. The predicted octanol–water partition coefficient (Wildman–Crippen LogP) is 9.56. The van der Waals surface area contributed by atoms with E-state index in [2.05, 4.69) is 50.3 Å². The van der Waals surface area contributed by atoms with E-state index in [1.807, 2.05) is 12.2 Å². The zero-order chi connectivity index (χ0) is 44.1. The number of carbonyl (C=O) groups is 2. The van der Waals surface area contributed by atoms with E-state index in [0.717, 1.165) is 32.1 Å². The number of allylic oxidation sites excluding steroid dienone is 8. The lowest BCUT2D eigenvalue weighted by Crippen LogP contribution is -2.60. The van der Waals surface area contributed by atoms with Gasteiger partial charge in [-0.05, 0) is 57.8 Å². The largest absolute Gasteiger partial charge is 0.462 e. The number of hydrogen-bond acceptors (Lipinski definition) is 11. The van der Waals surface area contributed by atoms with E-state index >= 15 is 0 Å². The summed E-state index contributed by atoms with van der Waals surface area (Å²) in [6.07, 6.45) is 34.6. The van der Waals surface area contributed by atoms with Crippen molar-refractivity contribution in [3.63, 3.8) is 0 Å². The fraction of sp³-hybridized carbons (Fsp3) is 0.787. The predicted molar refractivity (Wildman–Crippen MR) is 238 cm³/mol. The van der Waals surface area contributed by atoms with Crippen LogP contribution in [-0.2, 0) is 38.7 Å². The molecule has 0 aromatic rings. The minimum Gasteiger partial charge on any atom is -0.462 e. The highest BCUT2D eigenvalue weighted by Crippen LogP contribution is 2.24. The van der Waals surface area contributed by atoms with Crippen molar-refractivity contribution in [1.82, 2.24) is 0 Å². The standard InChI is InChI=1S/C47H82O12S/c1-3-5-7-9-11-13-15-17-19-20-22-23-25-27-29-31-33-35-42(48)56-37-40(38-57-47-46(52)45(51)44(50)41(59-47)39-60(53,54)55)58-43(49)36-34-32-30-28-26-24-21-18-16-14-12-10-8-6-4-2/h17,19,22-23,27,29-30,32,40-41,44-47,50-52H,3-16,18,20-21,24-26,28,31,33-39H2,1-2H3,(H,53,54,55)/b19-17+,23-22+,29-27+,32-30+/t40-,41-,44-,45?,46?,47+/m1/s1. The van der Waals surface area contributed by atoms with Crippen LogP contribution in [0.4, 0.5) is 0 Å². The number of aliphatic hydroxyl groups excluding tert-OH is 3. The zero-order valence-electron chi connectivity index (χ0n) is 37.1. The van der Waals surface area contributed by atoms with Crippen LogP contribution in [0.2, 0.25) is 0 Å². The quantitative estimate of drug-likeness (QED) is 0.0200. The van der Waals surface area contributed by atoms with E-state index in [1.165, 1.54) is 103 Å². The molecule has 0 aromatic carbocycles. The fourth-order valence-electron chi connectivity index (χ4n) is 6.77. The van der Waals surface area contributed by atoms with Gasteiger partial charge in [0, 0.05) is 12.8 Å². The van der Waals surface area contributed by atoms with Gasteiger partial charge in [-0.15, -0.1) is 0 Å². The summed E-state index contributed by atoms with van der Waals surface area (Å²) in [4.78, 5) is 25.4. The number of rotatable bonds is 38. The maximum atomic E-state index is 12.8. The summed E-state index contributed by atoms with van der Waals surface area (Å²) in [5.41, 5.74) is 0. The lowest BCUT2D eigenvalue weighted by atomic mass is 10.00. The Morgan fingerprint density at radius 3 is 1.57 bits per heavy atom. The van der Waals surface area contributed by atoms with Gasteiger partial charge >= 0.3 is 11.9 Å². The van der Waals surface area contributed by atoms with Crippen molar-refractivity contribution in [2.24, 2.45) is 0 Å². The van der Waals surface area contributed by atoms with E-state index in [9.17, 15) is 37.9 Å². The zero-order valence-corrected chi connectivity index (χ0v) is 37.9. The summed E-state index contributed by atoms with van der Waals surface area (Å²) in [5, 5.41) is 30.9. The second-order valence-corrected chi connectivity index (χ2v) is 17.6. The molecule has 0 aromatic heterocycles. The molecule has 0 amide bonds. The highest BCUT2D eigenvalue weighted by atomic mass is 32.2. The van der Waals surface area contributed by atoms with Crippen molar-refractivity contribution in [3.05, 3.63) is 48.6 Å². The van der Waals surface area contributed by atoms with Crippen LogP contribution in [0, 0.1) is 0 Å². The van der Waals surface area contributed by atoms with E-state index in [0.29, 0.717) is 19.3 Å². The molecule has 1 saturated heterocycles. The van der Waals surface area contributed by atoms with Crippen LogP contribution < -0.4 is 0 Å². The minimum atomic E-state index is -4.61. The van der Waals surface area contributed by atoms with Crippen LogP contribution in [0.5, 0.6) is 0 Å². The van der Waals surface area contributed by atoms with Crippen LogP contribution >= 0.6 is 0 Å². The maximum Gasteiger partial charge on any atom is 0.306 e. The Morgan fingerprint density at radius 2 is 1.03 bits per heavy atom. The molecular weight excluding hydrogens is 789 g/mol. The van der Waals surface area contributed by atoms with E-state index in [-0.39, 0.29) is 19.4 Å². The summed E-state index contributed by atoms with van der Waals surface area (Å²) < 4.78 is 54.0. The Labute approximate surface area is 363 Å². The Hall–Kier alpha value is -2.39. The number of esters is 2. The number of hydrogen-bond donors (Lipinski definition) is 4. The van der Waals surface area contributed by atoms with Crippen LogP contribution in [0.1, 0.15) is 181 Å². The van der Waals surface area contributed by atoms with Gasteiger partial charge in [0.25, 0.3) is 10.1 Å². The first-order chi connectivity index (χ1) is 29.0. The summed E-state index contributed by atoms with van der Waals surface area (Å²) in [6, 6.07) is 0. The summed E-state index contributed by atoms with van der Waals surface area (Å²) in [6.45, 7) is 3.68. The van der Waals surface area contributed by atoms with E-state index in [4.69, 9.17) is 18.9 Å². The highest BCUT2D eigenvalue weighted by molar-refractivity contribution is 7.85. The van der Waals surface area contributed by atoms with Crippen molar-refractivity contribution >= 4 is 22.1 Å². The molecule has 13 heteroatoms. The molecule has 1 fully saturated rings. The van der Waals surface area contributed by atoms with Gasteiger partial charge in [-0.2, -0.15) is 8.42 Å². The average Bonchev–Trinajstić information content (AvgIpc) is 3.21. The molecular formula is C47H82O12S. The molecule has 1 heterocycles. The summed E-state index contributed by atoms with van der Waals surface area (Å²) in [5.74, 6) is -2.11. The summed E-state index contributed by atoms with van der Waals surface area (Å²) in [7, 11) is -4.61. The lowest BCUT2D eigenvalue weighted by Gasteiger charge is -2.40. The molecule has 0 radical (unpaired) electrons. The molecule has 12 nitrogen and oxygen atoms in total. The molecule has 6 atom stereocenters. The molecule has 348 valence electrons. The third-order valence-electron chi connectivity index (χ3n) is 10.4.